The van der Waals surface area contributed by atoms with Crippen molar-refractivity contribution in [2.75, 3.05) is 19.8 Å². The summed E-state index contributed by atoms with van der Waals surface area (Å²) in [6, 6.07) is 6.16. The summed E-state index contributed by atoms with van der Waals surface area (Å²) >= 11 is 0. The number of benzene rings is 1. The van der Waals surface area contributed by atoms with Crippen molar-refractivity contribution in [3.05, 3.63) is 23.8 Å². The van der Waals surface area contributed by atoms with Gasteiger partial charge in [-0.3, -0.25) is 9.59 Å². The lowest BCUT2D eigenvalue weighted by atomic mass is 9.93. The molecular formula is C31H50N4O4. The van der Waals surface area contributed by atoms with Crippen molar-refractivity contribution in [3.63, 3.8) is 0 Å². The molecule has 2 N–H and O–H groups in total. The van der Waals surface area contributed by atoms with Gasteiger partial charge in [0.05, 0.1) is 19.8 Å². The third-order valence-electron chi connectivity index (χ3n) is 7.44. The molecular weight excluding hydrogens is 492 g/mol. The van der Waals surface area contributed by atoms with Crippen LogP contribution >= 0.6 is 0 Å². The van der Waals surface area contributed by atoms with Crippen LogP contribution in [0.25, 0.3) is 0 Å². The maximum Gasteiger partial charge on any atom is 0.222 e. The molecule has 8 heteroatoms. The zero-order valence-corrected chi connectivity index (χ0v) is 24.6. The molecule has 1 fully saturated rings. The molecule has 1 aromatic carbocycles. The first-order valence-corrected chi connectivity index (χ1v) is 15.0. The molecule has 2 aliphatic rings. The van der Waals surface area contributed by atoms with E-state index in [1.807, 2.05) is 18.2 Å². The number of carbonyl (C=O) groups excluding carboxylic acids is 2. The fourth-order valence-electron chi connectivity index (χ4n) is 5.30. The van der Waals surface area contributed by atoms with Crippen molar-refractivity contribution >= 4 is 23.8 Å². The Morgan fingerprint density at radius 1 is 1.18 bits per heavy atom. The fraction of sp³-hybridized carbons (Fsp3) is 0.710. The van der Waals surface area contributed by atoms with Crippen molar-refractivity contribution in [2.45, 2.75) is 117 Å². The molecule has 1 saturated carbocycles. The largest absolute Gasteiger partial charge is 0.491 e. The summed E-state index contributed by atoms with van der Waals surface area (Å²) in [5, 5.41) is 0. The summed E-state index contributed by atoms with van der Waals surface area (Å²) < 4.78 is 11.9. The van der Waals surface area contributed by atoms with Crippen molar-refractivity contribution < 1.29 is 19.1 Å². The predicted octanol–water partition coefficient (Wildman–Crippen LogP) is 5.94. The Bertz CT molecular complexity index is 952. The first-order chi connectivity index (χ1) is 18.7. The van der Waals surface area contributed by atoms with E-state index in [1.54, 1.807) is 4.90 Å². The average molecular weight is 543 g/mol. The lowest BCUT2D eigenvalue weighted by Crippen LogP contribution is -2.48. The molecule has 0 radical (unpaired) electrons. The molecule has 8 nitrogen and oxygen atoms in total. The number of ether oxygens (including phenoxy) is 2. The third-order valence-corrected chi connectivity index (χ3v) is 7.44. The molecule has 1 amide bonds. The number of amides is 1. The second-order valence-corrected chi connectivity index (χ2v) is 12.2. The molecule has 1 unspecified atom stereocenters. The second kappa shape index (κ2) is 15.2. The maximum atomic E-state index is 13.2. The van der Waals surface area contributed by atoms with Crippen LogP contribution in [0.3, 0.4) is 0 Å². The highest BCUT2D eigenvalue weighted by Gasteiger charge is 2.29. The minimum atomic E-state index is -0.800. The Morgan fingerprint density at radius 3 is 2.64 bits per heavy atom. The molecule has 39 heavy (non-hydrogen) atoms. The first kappa shape index (κ1) is 30.9. The second-order valence-electron chi connectivity index (χ2n) is 12.2. The Kier molecular flexibility index (Phi) is 12.1. The van der Waals surface area contributed by atoms with E-state index in [-0.39, 0.29) is 17.3 Å². The topological polar surface area (TPSA) is 97.5 Å². The van der Waals surface area contributed by atoms with Crippen LogP contribution in [0.4, 0.5) is 5.69 Å². The van der Waals surface area contributed by atoms with Gasteiger partial charge in [-0.15, -0.1) is 0 Å². The van der Waals surface area contributed by atoms with Crippen LogP contribution in [0.15, 0.2) is 23.2 Å². The SMILES string of the molecule is CCCCCCN(C(=O)CCCOc1cccc2c1N=C(N)N(C(C=O)OCC(C)(C)C)C2)C1CCCCC1. The number of aldehydes is 1. The van der Waals surface area contributed by atoms with Crippen LogP contribution in [0.5, 0.6) is 5.75 Å². The van der Waals surface area contributed by atoms with Crippen LogP contribution in [0, 0.1) is 5.41 Å². The summed E-state index contributed by atoms with van der Waals surface area (Å²) in [5.41, 5.74) is 7.78. The highest BCUT2D eigenvalue weighted by Crippen LogP contribution is 2.36. The number of para-hydroxylation sites is 1. The van der Waals surface area contributed by atoms with Gasteiger partial charge in [0, 0.05) is 24.6 Å². The monoisotopic (exact) mass is 542 g/mol. The van der Waals surface area contributed by atoms with E-state index in [0.29, 0.717) is 50.1 Å². The van der Waals surface area contributed by atoms with Gasteiger partial charge < -0.3 is 25.0 Å². The van der Waals surface area contributed by atoms with E-state index >= 15 is 0 Å². The van der Waals surface area contributed by atoms with Gasteiger partial charge in [0.15, 0.2) is 18.5 Å². The van der Waals surface area contributed by atoms with Crippen molar-refractivity contribution in [1.82, 2.24) is 9.80 Å². The van der Waals surface area contributed by atoms with Gasteiger partial charge in [-0.2, -0.15) is 0 Å². The normalized spacial score (nSPS) is 16.8. The zero-order valence-electron chi connectivity index (χ0n) is 24.6. The first-order valence-electron chi connectivity index (χ1n) is 15.0. The van der Waals surface area contributed by atoms with Crippen LogP contribution < -0.4 is 10.5 Å². The number of carbonyl (C=O) groups is 2. The van der Waals surface area contributed by atoms with Gasteiger partial charge in [0.2, 0.25) is 5.91 Å². The van der Waals surface area contributed by atoms with Gasteiger partial charge in [-0.1, -0.05) is 78.4 Å². The molecule has 0 aromatic heterocycles. The molecule has 0 bridgehead atoms. The lowest BCUT2D eigenvalue weighted by Gasteiger charge is -2.35. The number of rotatable bonds is 15. The molecule has 0 spiro atoms. The summed E-state index contributed by atoms with van der Waals surface area (Å²) in [7, 11) is 0. The molecule has 218 valence electrons. The van der Waals surface area contributed by atoms with E-state index in [0.717, 1.165) is 37.7 Å². The van der Waals surface area contributed by atoms with E-state index in [9.17, 15) is 9.59 Å². The van der Waals surface area contributed by atoms with Gasteiger partial charge in [-0.05, 0) is 37.2 Å². The Labute approximate surface area is 235 Å². The number of hydrogen-bond donors (Lipinski definition) is 1. The van der Waals surface area contributed by atoms with Gasteiger partial charge in [0.25, 0.3) is 0 Å². The number of fused-ring (bicyclic) bond motifs is 1. The quantitative estimate of drug-likeness (QED) is 0.218. The summed E-state index contributed by atoms with van der Waals surface area (Å²) in [5.74, 6) is 1.13. The minimum Gasteiger partial charge on any atom is -0.491 e. The number of guanidine groups is 1. The maximum absolute atomic E-state index is 13.2. The van der Waals surface area contributed by atoms with E-state index in [4.69, 9.17) is 15.2 Å². The number of hydrogen-bond acceptors (Lipinski definition) is 7. The van der Waals surface area contributed by atoms with Crippen LogP contribution in [0.2, 0.25) is 0 Å². The predicted molar refractivity (Wildman–Crippen MR) is 156 cm³/mol. The Morgan fingerprint density at radius 2 is 1.95 bits per heavy atom. The molecule has 1 aromatic rings. The molecule has 1 aliphatic carbocycles. The molecule has 1 heterocycles. The van der Waals surface area contributed by atoms with E-state index < -0.39 is 6.23 Å². The van der Waals surface area contributed by atoms with E-state index in [1.165, 1.54) is 38.5 Å². The molecule has 0 saturated heterocycles. The Balaban J connectivity index is 1.56. The van der Waals surface area contributed by atoms with Gasteiger partial charge in [0.1, 0.15) is 11.4 Å². The van der Waals surface area contributed by atoms with Gasteiger partial charge in [-0.25, -0.2) is 4.99 Å². The summed E-state index contributed by atoms with van der Waals surface area (Å²) in [4.78, 5) is 33.4. The van der Waals surface area contributed by atoms with Crippen molar-refractivity contribution in [1.29, 1.82) is 0 Å². The Hall–Kier alpha value is -2.61. The summed E-state index contributed by atoms with van der Waals surface area (Å²) in [6.45, 7) is 10.5. The highest BCUT2D eigenvalue weighted by molar-refractivity contribution is 5.87. The number of aliphatic imine (C=N–C) groups is 1. The van der Waals surface area contributed by atoms with Gasteiger partial charge >= 0.3 is 0 Å². The summed E-state index contributed by atoms with van der Waals surface area (Å²) in [6.07, 6.45) is 11.8. The van der Waals surface area contributed by atoms with E-state index in [2.05, 4.69) is 37.6 Å². The highest BCUT2D eigenvalue weighted by atomic mass is 16.5. The van der Waals surface area contributed by atoms with Crippen molar-refractivity contribution in [2.24, 2.45) is 16.1 Å². The zero-order chi connectivity index (χ0) is 28.3. The smallest absolute Gasteiger partial charge is 0.222 e. The van der Waals surface area contributed by atoms with Crippen LogP contribution in [0.1, 0.15) is 104 Å². The minimum absolute atomic E-state index is 0.0776. The number of nitrogens with zero attached hydrogens (tertiary/aromatic N) is 3. The third kappa shape index (κ3) is 9.52. The lowest BCUT2D eigenvalue weighted by molar-refractivity contribution is -0.134. The average Bonchev–Trinajstić information content (AvgIpc) is 2.91. The van der Waals surface area contributed by atoms with Crippen molar-refractivity contribution in [3.8, 4) is 5.75 Å². The molecule has 1 atom stereocenters. The van der Waals surface area contributed by atoms with Crippen LogP contribution in [-0.2, 0) is 20.9 Å². The molecule has 1 aliphatic heterocycles. The number of nitrogens with two attached hydrogens (primary N) is 1. The molecule has 3 rings (SSSR count). The van der Waals surface area contributed by atoms with Crippen LogP contribution in [-0.4, -0.2) is 60.0 Å². The standard InChI is InChI=1S/C31H50N4O4/c1-5-6-7-11-19-34(25-15-9-8-10-16-25)27(37)18-13-20-38-26-17-12-14-24-21-35(30(32)33-29(24)26)28(22-36)39-23-31(2,3)4/h12,14,17,22,25,28H,5-11,13,15-16,18-21,23H2,1-4H3,(H2,32,33). The number of unbranched alkanes of at least 4 members (excludes halogenated alkanes) is 3. The fourth-order valence-corrected chi connectivity index (χ4v) is 5.30.